The summed E-state index contributed by atoms with van der Waals surface area (Å²) < 4.78 is 12.1. The average molecular weight is 331 g/mol. The van der Waals surface area contributed by atoms with E-state index >= 15 is 0 Å². The van der Waals surface area contributed by atoms with Crippen LogP contribution in [-0.2, 0) is 9.47 Å². The van der Waals surface area contributed by atoms with Gasteiger partial charge in [0.25, 0.3) is 0 Å². The quantitative estimate of drug-likeness (QED) is 0.285. The first-order chi connectivity index (χ1) is 11.2. The van der Waals surface area contributed by atoms with Crippen molar-refractivity contribution in [2.24, 2.45) is 5.73 Å². The minimum atomic E-state index is -0.638. The number of hydrogen-bond donors (Lipinski definition) is 2. The molecule has 0 saturated carbocycles. The zero-order chi connectivity index (χ0) is 17.2. The molecule has 0 amide bonds. The van der Waals surface area contributed by atoms with Crippen molar-refractivity contribution in [3.63, 3.8) is 0 Å². The molecule has 0 fully saturated rings. The third kappa shape index (κ3) is 15.1. The topological polar surface area (TPSA) is 56.5 Å². The van der Waals surface area contributed by atoms with Crippen LogP contribution in [0.3, 0.4) is 0 Å². The molecule has 0 spiro atoms. The molecule has 0 heterocycles. The molecule has 0 rings (SSSR count). The molecule has 0 aromatic carbocycles. The lowest BCUT2D eigenvalue weighted by atomic mass is 10.2. The smallest absolute Gasteiger partial charge is 0.224 e. The Bertz CT molecular complexity index is 201. The Kier molecular flexibility index (Phi) is 16.6. The van der Waals surface area contributed by atoms with Crippen LogP contribution in [0.15, 0.2) is 0 Å². The highest BCUT2D eigenvalue weighted by molar-refractivity contribution is 4.62. The van der Waals surface area contributed by atoms with Gasteiger partial charge in [0.2, 0.25) is 5.91 Å². The van der Waals surface area contributed by atoms with E-state index in [1.54, 1.807) is 0 Å². The summed E-state index contributed by atoms with van der Waals surface area (Å²) >= 11 is 0. The summed E-state index contributed by atoms with van der Waals surface area (Å²) in [6, 6.07) is 0. The van der Waals surface area contributed by atoms with Crippen molar-refractivity contribution in [2.45, 2.75) is 97.3 Å². The largest absolute Gasteiger partial charge is 0.338 e. The highest BCUT2D eigenvalue weighted by Crippen LogP contribution is 2.13. The standard InChI is InChI=1S/C19H42N2O2/c1-4-6-8-13-17-22-19(3,21-16-12-10-11-15-20)23-18-14-9-7-5-2/h21H,4-18,20H2,1-3H3. The van der Waals surface area contributed by atoms with Crippen molar-refractivity contribution < 1.29 is 9.47 Å². The molecule has 0 aliphatic carbocycles. The Morgan fingerprint density at radius 1 is 0.739 bits per heavy atom. The van der Waals surface area contributed by atoms with E-state index in [1.807, 2.05) is 6.92 Å². The van der Waals surface area contributed by atoms with Gasteiger partial charge in [0, 0.05) is 13.5 Å². The first kappa shape index (κ1) is 22.8. The molecule has 4 nitrogen and oxygen atoms in total. The maximum atomic E-state index is 6.03. The molecule has 0 aromatic heterocycles. The lowest BCUT2D eigenvalue weighted by Crippen LogP contribution is -2.48. The van der Waals surface area contributed by atoms with Crippen LogP contribution in [0.5, 0.6) is 0 Å². The SMILES string of the molecule is CCCCCCOC(C)(NCCCCCN)OCCCCCC. The highest BCUT2D eigenvalue weighted by Gasteiger charge is 2.24. The Balaban J connectivity index is 4.00. The van der Waals surface area contributed by atoms with Crippen LogP contribution < -0.4 is 11.1 Å². The first-order valence-electron chi connectivity index (χ1n) is 9.91. The van der Waals surface area contributed by atoms with Crippen LogP contribution in [-0.4, -0.2) is 32.2 Å². The van der Waals surface area contributed by atoms with Crippen LogP contribution in [0.1, 0.15) is 91.4 Å². The van der Waals surface area contributed by atoms with Gasteiger partial charge in [0.1, 0.15) is 0 Å². The highest BCUT2D eigenvalue weighted by atomic mass is 16.7. The Morgan fingerprint density at radius 3 is 1.74 bits per heavy atom. The van der Waals surface area contributed by atoms with Crippen LogP contribution in [0.25, 0.3) is 0 Å². The van der Waals surface area contributed by atoms with E-state index in [0.717, 1.165) is 58.4 Å². The Morgan fingerprint density at radius 2 is 1.26 bits per heavy atom. The summed E-state index contributed by atoms with van der Waals surface area (Å²) in [6.45, 7) is 9.71. The zero-order valence-corrected chi connectivity index (χ0v) is 16.0. The third-order valence-electron chi connectivity index (χ3n) is 4.08. The molecule has 3 N–H and O–H groups in total. The fraction of sp³-hybridized carbons (Fsp3) is 1.00. The van der Waals surface area contributed by atoms with Gasteiger partial charge in [-0.15, -0.1) is 0 Å². The predicted molar refractivity (Wildman–Crippen MR) is 99.5 cm³/mol. The monoisotopic (exact) mass is 330 g/mol. The number of ether oxygens (including phenoxy) is 2. The molecule has 0 atom stereocenters. The first-order valence-corrected chi connectivity index (χ1v) is 9.91. The maximum Gasteiger partial charge on any atom is 0.224 e. The summed E-state index contributed by atoms with van der Waals surface area (Å²) in [5, 5.41) is 3.45. The van der Waals surface area contributed by atoms with Crippen molar-refractivity contribution >= 4 is 0 Å². The van der Waals surface area contributed by atoms with E-state index in [0.29, 0.717) is 0 Å². The van der Waals surface area contributed by atoms with Crippen LogP contribution in [0.4, 0.5) is 0 Å². The molecule has 140 valence electrons. The van der Waals surface area contributed by atoms with Gasteiger partial charge in [-0.1, -0.05) is 58.8 Å². The fourth-order valence-corrected chi connectivity index (χ4v) is 2.50. The lowest BCUT2D eigenvalue weighted by molar-refractivity contribution is -0.245. The Labute approximate surface area is 144 Å². The number of nitrogens with one attached hydrogen (secondary N) is 1. The van der Waals surface area contributed by atoms with E-state index in [4.69, 9.17) is 15.2 Å². The van der Waals surface area contributed by atoms with Crippen molar-refractivity contribution in [3.05, 3.63) is 0 Å². The van der Waals surface area contributed by atoms with E-state index in [9.17, 15) is 0 Å². The average Bonchev–Trinajstić information content (AvgIpc) is 2.54. The molecular formula is C19H42N2O2. The van der Waals surface area contributed by atoms with Crippen LogP contribution in [0.2, 0.25) is 0 Å². The molecule has 0 aliphatic rings. The minimum absolute atomic E-state index is 0.638. The molecule has 0 radical (unpaired) electrons. The van der Waals surface area contributed by atoms with Crippen molar-refractivity contribution in [2.75, 3.05) is 26.3 Å². The van der Waals surface area contributed by atoms with Gasteiger partial charge < -0.3 is 15.2 Å². The summed E-state index contributed by atoms with van der Waals surface area (Å²) in [5.74, 6) is -0.638. The second-order valence-electron chi connectivity index (χ2n) is 6.54. The van der Waals surface area contributed by atoms with Crippen molar-refractivity contribution in [1.29, 1.82) is 0 Å². The fourth-order valence-electron chi connectivity index (χ4n) is 2.50. The van der Waals surface area contributed by atoms with Crippen LogP contribution in [0, 0.1) is 0 Å². The molecule has 23 heavy (non-hydrogen) atoms. The summed E-state index contributed by atoms with van der Waals surface area (Å²) in [7, 11) is 0. The van der Waals surface area contributed by atoms with Crippen molar-refractivity contribution in [1.82, 2.24) is 5.32 Å². The molecule has 0 unspecified atom stereocenters. The molecule has 0 aliphatic heterocycles. The lowest BCUT2D eigenvalue weighted by Gasteiger charge is -2.31. The zero-order valence-electron chi connectivity index (χ0n) is 16.0. The molecule has 0 aromatic rings. The van der Waals surface area contributed by atoms with E-state index < -0.39 is 5.91 Å². The second kappa shape index (κ2) is 16.7. The summed E-state index contributed by atoms with van der Waals surface area (Å²) in [4.78, 5) is 0. The van der Waals surface area contributed by atoms with Gasteiger partial charge in [-0.05, 0) is 32.2 Å². The van der Waals surface area contributed by atoms with Crippen molar-refractivity contribution in [3.8, 4) is 0 Å². The molecular weight excluding hydrogens is 288 g/mol. The van der Waals surface area contributed by atoms with E-state index in [2.05, 4.69) is 19.2 Å². The molecule has 0 saturated heterocycles. The van der Waals surface area contributed by atoms with Gasteiger partial charge in [-0.2, -0.15) is 0 Å². The molecule has 4 heteroatoms. The van der Waals surface area contributed by atoms with Crippen LogP contribution >= 0.6 is 0 Å². The molecule has 0 bridgehead atoms. The number of rotatable bonds is 18. The van der Waals surface area contributed by atoms with E-state index in [-0.39, 0.29) is 0 Å². The third-order valence-corrected chi connectivity index (χ3v) is 4.08. The maximum absolute atomic E-state index is 6.03. The summed E-state index contributed by atoms with van der Waals surface area (Å²) in [5.41, 5.74) is 5.54. The number of hydrogen-bond acceptors (Lipinski definition) is 4. The number of nitrogens with two attached hydrogens (primary N) is 1. The summed E-state index contributed by atoms with van der Waals surface area (Å²) in [6.07, 6.45) is 13.1. The normalized spacial score (nSPS) is 12.0. The minimum Gasteiger partial charge on any atom is -0.338 e. The van der Waals surface area contributed by atoms with E-state index in [1.165, 1.54) is 38.5 Å². The Hall–Kier alpha value is -0.160. The number of unbranched alkanes of at least 4 members (excludes halogenated alkanes) is 8. The van der Waals surface area contributed by atoms with Gasteiger partial charge >= 0.3 is 0 Å². The van der Waals surface area contributed by atoms with Gasteiger partial charge in [0.15, 0.2) is 0 Å². The van der Waals surface area contributed by atoms with Gasteiger partial charge in [-0.3, -0.25) is 5.32 Å². The predicted octanol–water partition coefficient (Wildman–Crippen LogP) is 4.57. The van der Waals surface area contributed by atoms with Gasteiger partial charge in [0.05, 0.1) is 13.2 Å². The van der Waals surface area contributed by atoms with Gasteiger partial charge in [-0.25, -0.2) is 0 Å². The second-order valence-corrected chi connectivity index (χ2v) is 6.54.